The van der Waals surface area contributed by atoms with Gasteiger partial charge in [-0.05, 0) is 54.8 Å². The van der Waals surface area contributed by atoms with E-state index in [1.807, 2.05) is 36.4 Å². The molecule has 1 fully saturated rings. The van der Waals surface area contributed by atoms with Crippen LogP contribution >= 0.6 is 0 Å². The minimum absolute atomic E-state index is 0.110. The summed E-state index contributed by atoms with van der Waals surface area (Å²) in [6.07, 6.45) is 2.44. The van der Waals surface area contributed by atoms with Gasteiger partial charge < -0.3 is 15.4 Å². The van der Waals surface area contributed by atoms with Crippen LogP contribution in [0.3, 0.4) is 0 Å². The van der Waals surface area contributed by atoms with Crippen molar-refractivity contribution in [3.63, 3.8) is 0 Å². The van der Waals surface area contributed by atoms with Crippen LogP contribution in [0.5, 0.6) is 5.75 Å². The van der Waals surface area contributed by atoms with Crippen molar-refractivity contribution in [3.8, 4) is 17.1 Å². The smallest absolute Gasteiger partial charge is 0.226 e. The Hall–Kier alpha value is -3.68. The number of aromatic amines is 1. The number of aromatic nitrogens is 3. The molecule has 2 aromatic carbocycles. The van der Waals surface area contributed by atoms with Gasteiger partial charge in [0.25, 0.3) is 0 Å². The van der Waals surface area contributed by atoms with Crippen LogP contribution in [0, 0.1) is 0 Å². The van der Waals surface area contributed by atoms with E-state index in [4.69, 9.17) is 4.74 Å². The van der Waals surface area contributed by atoms with E-state index in [1.165, 1.54) is 6.92 Å². The van der Waals surface area contributed by atoms with Crippen molar-refractivity contribution in [2.45, 2.75) is 38.1 Å². The molecule has 0 saturated heterocycles. The zero-order valence-corrected chi connectivity index (χ0v) is 17.5. The molecule has 1 heterocycles. The maximum Gasteiger partial charge on any atom is 0.226 e. The average molecular weight is 419 g/mol. The summed E-state index contributed by atoms with van der Waals surface area (Å²) in [5, 5.41) is 13.0. The Kier molecular flexibility index (Phi) is 5.97. The molecule has 0 radical (unpaired) electrons. The first kappa shape index (κ1) is 20.6. The van der Waals surface area contributed by atoms with Gasteiger partial charge >= 0.3 is 0 Å². The molecule has 2 amide bonds. The molecule has 160 valence electrons. The Morgan fingerprint density at radius 3 is 2.45 bits per heavy atom. The van der Waals surface area contributed by atoms with Gasteiger partial charge in [-0.3, -0.25) is 14.7 Å². The fourth-order valence-corrected chi connectivity index (χ4v) is 3.38. The Balaban J connectivity index is 1.39. The summed E-state index contributed by atoms with van der Waals surface area (Å²) in [5.41, 5.74) is 2.39. The van der Waals surface area contributed by atoms with E-state index in [0.717, 1.165) is 29.8 Å². The van der Waals surface area contributed by atoms with E-state index >= 15 is 0 Å². The largest absolute Gasteiger partial charge is 0.497 e. The first-order chi connectivity index (χ1) is 15.0. The van der Waals surface area contributed by atoms with Gasteiger partial charge in [0.05, 0.1) is 19.6 Å². The molecule has 0 aliphatic heterocycles. The molecular weight excluding hydrogens is 394 g/mol. The third-order valence-corrected chi connectivity index (χ3v) is 5.18. The lowest BCUT2D eigenvalue weighted by Gasteiger charge is -2.18. The number of ether oxygens (including phenoxy) is 1. The second-order valence-electron chi connectivity index (χ2n) is 7.67. The summed E-state index contributed by atoms with van der Waals surface area (Å²) >= 11 is 0. The molecule has 3 N–H and O–H groups in total. The van der Waals surface area contributed by atoms with Crippen molar-refractivity contribution in [2.24, 2.45) is 0 Å². The highest BCUT2D eigenvalue weighted by Gasteiger charge is 2.27. The number of hydrogen-bond donors (Lipinski definition) is 3. The highest BCUT2D eigenvalue weighted by Crippen LogP contribution is 2.38. The second kappa shape index (κ2) is 8.99. The Morgan fingerprint density at radius 1 is 1.13 bits per heavy atom. The Morgan fingerprint density at radius 2 is 1.84 bits per heavy atom. The number of hydrogen-bond acceptors (Lipinski definition) is 5. The van der Waals surface area contributed by atoms with E-state index in [2.05, 4.69) is 25.8 Å². The summed E-state index contributed by atoms with van der Waals surface area (Å²) < 4.78 is 5.17. The van der Waals surface area contributed by atoms with Gasteiger partial charge in [-0.15, -0.1) is 0 Å². The minimum atomic E-state index is -0.434. The SMILES string of the molecule is COc1ccc(C(CC(=O)Nc2ccc(-c3n[nH]c(C4CC4)n3)cc2)NC(C)=O)cc1. The molecule has 8 heteroatoms. The second-order valence-corrected chi connectivity index (χ2v) is 7.67. The number of benzene rings is 2. The Bertz CT molecular complexity index is 1060. The molecule has 1 atom stereocenters. The molecule has 1 aliphatic rings. The normalized spacial score (nSPS) is 14.0. The highest BCUT2D eigenvalue weighted by atomic mass is 16.5. The molecule has 4 rings (SSSR count). The molecule has 1 aliphatic carbocycles. The predicted octanol–water partition coefficient (Wildman–Crippen LogP) is 3.56. The van der Waals surface area contributed by atoms with Crippen LogP contribution in [-0.4, -0.2) is 34.1 Å². The Labute approximate surface area is 180 Å². The molecule has 1 aromatic heterocycles. The number of carbonyl (C=O) groups excluding carboxylic acids is 2. The molecule has 3 aromatic rings. The van der Waals surface area contributed by atoms with Crippen LogP contribution in [-0.2, 0) is 9.59 Å². The molecule has 8 nitrogen and oxygen atoms in total. The van der Waals surface area contributed by atoms with Gasteiger partial charge in [0.2, 0.25) is 11.8 Å². The molecule has 31 heavy (non-hydrogen) atoms. The van der Waals surface area contributed by atoms with Gasteiger partial charge in [-0.1, -0.05) is 12.1 Å². The number of anilines is 1. The van der Waals surface area contributed by atoms with Gasteiger partial charge in [-0.25, -0.2) is 4.98 Å². The highest BCUT2D eigenvalue weighted by molar-refractivity contribution is 5.91. The van der Waals surface area contributed by atoms with Gasteiger partial charge in [0, 0.05) is 24.1 Å². The van der Waals surface area contributed by atoms with Crippen LogP contribution in [0.25, 0.3) is 11.4 Å². The topological polar surface area (TPSA) is 109 Å². The van der Waals surface area contributed by atoms with E-state index in [1.54, 1.807) is 19.2 Å². The number of carbonyl (C=O) groups is 2. The molecule has 0 bridgehead atoms. The lowest BCUT2D eigenvalue weighted by Crippen LogP contribution is -2.29. The molecule has 1 saturated carbocycles. The minimum Gasteiger partial charge on any atom is -0.497 e. The van der Waals surface area contributed by atoms with Crippen molar-refractivity contribution in [3.05, 3.63) is 59.9 Å². The molecule has 0 spiro atoms. The lowest BCUT2D eigenvalue weighted by atomic mass is 10.0. The van der Waals surface area contributed by atoms with Crippen molar-refractivity contribution < 1.29 is 14.3 Å². The van der Waals surface area contributed by atoms with Gasteiger partial charge in [0.1, 0.15) is 11.6 Å². The lowest BCUT2D eigenvalue weighted by molar-refractivity contribution is -0.120. The number of rotatable bonds is 8. The summed E-state index contributed by atoms with van der Waals surface area (Å²) in [6, 6.07) is 14.3. The summed E-state index contributed by atoms with van der Waals surface area (Å²) in [6.45, 7) is 1.44. The van der Waals surface area contributed by atoms with Crippen LogP contribution in [0.2, 0.25) is 0 Å². The number of nitrogens with zero attached hydrogens (tertiary/aromatic N) is 2. The number of H-pyrrole nitrogens is 1. The quantitative estimate of drug-likeness (QED) is 0.517. The standard InChI is InChI=1S/C23H25N5O3/c1-14(29)24-20(15-7-11-19(31-2)12-8-15)13-21(30)25-18-9-5-17(6-10-18)23-26-22(27-28-23)16-3-4-16/h5-12,16,20H,3-4,13H2,1-2H3,(H,24,29)(H,25,30)(H,26,27,28). The van der Waals surface area contributed by atoms with E-state index in [-0.39, 0.29) is 18.2 Å². The van der Waals surface area contributed by atoms with Crippen molar-refractivity contribution >= 4 is 17.5 Å². The molecule has 1 unspecified atom stereocenters. The van der Waals surface area contributed by atoms with Gasteiger partial charge in [-0.2, -0.15) is 5.10 Å². The summed E-state index contributed by atoms with van der Waals surface area (Å²) in [5.74, 6) is 2.43. The van der Waals surface area contributed by atoms with Crippen molar-refractivity contribution in [1.29, 1.82) is 0 Å². The van der Waals surface area contributed by atoms with Crippen LogP contribution < -0.4 is 15.4 Å². The van der Waals surface area contributed by atoms with Crippen molar-refractivity contribution in [2.75, 3.05) is 12.4 Å². The maximum absolute atomic E-state index is 12.6. The number of methoxy groups -OCH3 is 1. The fourth-order valence-electron chi connectivity index (χ4n) is 3.38. The average Bonchev–Trinajstić information content (AvgIpc) is 3.50. The molecular formula is C23H25N5O3. The van der Waals surface area contributed by atoms with E-state index in [9.17, 15) is 9.59 Å². The van der Waals surface area contributed by atoms with E-state index < -0.39 is 6.04 Å². The summed E-state index contributed by atoms with van der Waals surface area (Å²) in [4.78, 5) is 28.8. The number of nitrogens with one attached hydrogen (secondary N) is 3. The van der Waals surface area contributed by atoms with Crippen LogP contribution in [0.1, 0.15) is 49.5 Å². The van der Waals surface area contributed by atoms with Crippen molar-refractivity contribution in [1.82, 2.24) is 20.5 Å². The number of amides is 2. The van der Waals surface area contributed by atoms with Gasteiger partial charge in [0.15, 0.2) is 5.82 Å². The third-order valence-electron chi connectivity index (χ3n) is 5.18. The van der Waals surface area contributed by atoms with Crippen LogP contribution in [0.15, 0.2) is 48.5 Å². The third kappa shape index (κ3) is 5.28. The summed E-state index contributed by atoms with van der Waals surface area (Å²) in [7, 11) is 1.59. The van der Waals surface area contributed by atoms with E-state index in [0.29, 0.717) is 23.2 Å². The first-order valence-electron chi connectivity index (χ1n) is 10.3. The monoisotopic (exact) mass is 419 g/mol. The maximum atomic E-state index is 12.6. The zero-order valence-electron chi connectivity index (χ0n) is 17.5. The zero-order chi connectivity index (χ0) is 21.8. The first-order valence-corrected chi connectivity index (χ1v) is 10.3. The van der Waals surface area contributed by atoms with Crippen LogP contribution in [0.4, 0.5) is 5.69 Å². The predicted molar refractivity (Wildman–Crippen MR) is 117 cm³/mol. The fraction of sp³-hybridized carbons (Fsp3) is 0.304.